The molecule has 0 saturated heterocycles. The number of rotatable bonds is 12. The van der Waals surface area contributed by atoms with E-state index in [4.69, 9.17) is 5.73 Å². The van der Waals surface area contributed by atoms with Crippen LogP contribution in [0.2, 0.25) is 0 Å². The molecule has 0 aliphatic carbocycles. The lowest BCUT2D eigenvalue weighted by Gasteiger charge is -2.01. The van der Waals surface area contributed by atoms with E-state index in [1.165, 1.54) is 77.0 Å². The third kappa shape index (κ3) is 15.5. The van der Waals surface area contributed by atoms with Gasteiger partial charge in [-0.3, -0.25) is 0 Å². The van der Waals surface area contributed by atoms with E-state index in [1.54, 1.807) is 0 Å². The smallest absolute Gasteiger partial charge is 0.0551 e. The Kier molecular flexibility index (Phi) is 16.1. The van der Waals surface area contributed by atoms with Gasteiger partial charge in [0.1, 0.15) is 0 Å². The van der Waals surface area contributed by atoms with Crippen molar-refractivity contribution >= 4 is 0 Å². The average molecular weight is 251 g/mol. The minimum atomic E-state index is 0.512. The Morgan fingerprint density at radius 3 is 1.50 bits per heavy atom. The van der Waals surface area contributed by atoms with Crippen LogP contribution in [0.4, 0.5) is 0 Å². The quantitative estimate of drug-likeness (QED) is 0.381. The maximum Gasteiger partial charge on any atom is 0.0551 e. The molecule has 0 aromatic heterocycles. The largest absolute Gasteiger partial charge is 0.320 e. The van der Waals surface area contributed by atoms with Crippen molar-refractivity contribution in [2.24, 2.45) is 5.73 Å². The molecule has 0 saturated carbocycles. The predicted molar refractivity (Wildman–Crippen MR) is 82.5 cm³/mol. The van der Waals surface area contributed by atoms with Gasteiger partial charge in [-0.25, -0.2) is 0 Å². The van der Waals surface area contributed by atoms with Crippen LogP contribution in [0.15, 0.2) is 0 Å². The lowest BCUT2D eigenvalue weighted by Crippen LogP contribution is -1.92. The molecular weight excluding hydrogens is 218 g/mol. The van der Waals surface area contributed by atoms with Crippen LogP contribution in [0.25, 0.3) is 0 Å². The summed E-state index contributed by atoms with van der Waals surface area (Å²) in [6, 6.07) is 0. The van der Waals surface area contributed by atoms with E-state index in [0.29, 0.717) is 6.54 Å². The molecule has 0 unspecified atom stereocenters. The Labute approximate surface area is 115 Å². The Morgan fingerprint density at radius 2 is 1.06 bits per heavy atom. The van der Waals surface area contributed by atoms with E-state index in [0.717, 1.165) is 6.42 Å². The van der Waals surface area contributed by atoms with Gasteiger partial charge in [-0.05, 0) is 6.42 Å². The summed E-state index contributed by atoms with van der Waals surface area (Å²) >= 11 is 0. The fourth-order valence-electron chi connectivity index (χ4n) is 2.21. The van der Waals surface area contributed by atoms with Crippen LogP contribution >= 0.6 is 0 Å². The zero-order valence-electron chi connectivity index (χ0n) is 12.5. The molecule has 0 fully saturated rings. The molecule has 0 amide bonds. The molecular formula is C17H33N. The highest BCUT2D eigenvalue weighted by Gasteiger charge is 1.92. The maximum atomic E-state index is 5.30. The first-order chi connectivity index (χ1) is 8.91. The van der Waals surface area contributed by atoms with Gasteiger partial charge >= 0.3 is 0 Å². The van der Waals surface area contributed by atoms with Gasteiger partial charge in [0.2, 0.25) is 0 Å². The standard InChI is InChI=1S/C17H33N/c1-2-3-4-5-6-7-8-9-10-11-12-13-14-15-16-17-18/h2-14,17-18H2,1H3. The molecule has 2 N–H and O–H groups in total. The molecule has 0 bridgehead atoms. The Hall–Kier alpha value is -0.480. The summed E-state index contributed by atoms with van der Waals surface area (Å²) in [7, 11) is 0. The lowest BCUT2D eigenvalue weighted by atomic mass is 10.0. The maximum absolute atomic E-state index is 5.30. The molecule has 1 heteroatoms. The van der Waals surface area contributed by atoms with Crippen molar-refractivity contribution in [3.8, 4) is 11.8 Å². The molecule has 0 atom stereocenters. The fourth-order valence-corrected chi connectivity index (χ4v) is 2.21. The van der Waals surface area contributed by atoms with Gasteiger partial charge in [0.25, 0.3) is 0 Å². The summed E-state index contributed by atoms with van der Waals surface area (Å²) in [4.78, 5) is 0. The van der Waals surface area contributed by atoms with E-state index in [-0.39, 0.29) is 0 Å². The van der Waals surface area contributed by atoms with Crippen molar-refractivity contribution in [2.75, 3.05) is 6.54 Å². The molecule has 0 aliphatic rings. The first-order valence-corrected chi connectivity index (χ1v) is 8.07. The molecule has 0 spiro atoms. The van der Waals surface area contributed by atoms with Gasteiger partial charge in [0.15, 0.2) is 0 Å². The second-order valence-corrected chi connectivity index (χ2v) is 5.20. The highest BCUT2D eigenvalue weighted by Crippen LogP contribution is 2.12. The molecule has 1 nitrogen and oxygen atoms in total. The highest BCUT2D eigenvalue weighted by atomic mass is 14.5. The SMILES string of the molecule is CCCCCCCCCCCCCCC#CCN. The summed E-state index contributed by atoms with van der Waals surface area (Å²) in [5, 5.41) is 0. The third-order valence-electron chi connectivity index (χ3n) is 3.38. The van der Waals surface area contributed by atoms with Crippen molar-refractivity contribution in [1.29, 1.82) is 0 Å². The zero-order chi connectivity index (χ0) is 13.3. The van der Waals surface area contributed by atoms with E-state index < -0.39 is 0 Å². The second-order valence-electron chi connectivity index (χ2n) is 5.20. The average Bonchev–Trinajstić information content (AvgIpc) is 2.39. The summed E-state index contributed by atoms with van der Waals surface area (Å²) in [6.45, 7) is 2.79. The number of hydrogen-bond acceptors (Lipinski definition) is 1. The number of unbranched alkanes of at least 4 members (excludes halogenated alkanes) is 12. The number of hydrogen-bond donors (Lipinski definition) is 1. The summed E-state index contributed by atoms with van der Waals surface area (Å²) in [6.07, 6.45) is 17.9. The van der Waals surface area contributed by atoms with Gasteiger partial charge in [-0.1, -0.05) is 83.5 Å². The molecule has 18 heavy (non-hydrogen) atoms. The summed E-state index contributed by atoms with van der Waals surface area (Å²) in [5.41, 5.74) is 5.30. The van der Waals surface area contributed by atoms with Crippen LogP contribution in [-0.2, 0) is 0 Å². The van der Waals surface area contributed by atoms with E-state index in [9.17, 15) is 0 Å². The summed E-state index contributed by atoms with van der Waals surface area (Å²) in [5.74, 6) is 6.01. The predicted octanol–water partition coefficient (Wildman–Crippen LogP) is 5.04. The van der Waals surface area contributed by atoms with Crippen molar-refractivity contribution in [3.05, 3.63) is 0 Å². The zero-order valence-corrected chi connectivity index (χ0v) is 12.5. The van der Waals surface area contributed by atoms with Crippen LogP contribution < -0.4 is 5.73 Å². The Bertz CT molecular complexity index is 199. The molecule has 0 rings (SSSR count). The van der Waals surface area contributed by atoms with Crippen molar-refractivity contribution < 1.29 is 0 Å². The third-order valence-corrected chi connectivity index (χ3v) is 3.38. The lowest BCUT2D eigenvalue weighted by molar-refractivity contribution is 0.545. The van der Waals surface area contributed by atoms with Gasteiger partial charge in [-0.15, -0.1) is 5.92 Å². The van der Waals surface area contributed by atoms with Crippen LogP contribution in [0.5, 0.6) is 0 Å². The van der Waals surface area contributed by atoms with Crippen LogP contribution in [0.1, 0.15) is 90.4 Å². The minimum absolute atomic E-state index is 0.512. The molecule has 0 aromatic rings. The van der Waals surface area contributed by atoms with E-state index in [2.05, 4.69) is 18.8 Å². The first kappa shape index (κ1) is 17.5. The van der Waals surface area contributed by atoms with Gasteiger partial charge in [0, 0.05) is 6.42 Å². The fraction of sp³-hybridized carbons (Fsp3) is 0.882. The van der Waals surface area contributed by atoms with Crippen LogP contribution in [-0.4, -0.2) is 6.54 Å². The normalized spacial score (nSPS) is 10.1. The Morgan fingerprint density at radius 1 is 0.611 bits per heavy atom. The monoisotopic (exact) mass is 251 g/mol. The second kappa shape index (κ2) is 16.5. The van der Waals surface area contributed by atoms with Crippen LogP contribution in [0, 0.1) is 11.8 Å². The van der Waals surface area contributed by atoms with Crippen molar-refractivity contribution in [2.45, 2.75) is 90.4 Å². The first-order valence-electron chi connectivity index (χ1n) is 8.07. The summed E-state index contributed by atoms with van der Waals surface area (Å²) < 4.78 is 0. The highest BCUT2D eigenvalue weighted by molar-refractivity contribution is 4.99. The molecule has 0 aliphatic heterocycles. The van der Waals surface area contributed by atoms with Crippen molar-refractivity contribution in [3.63, 3.8) is 0 Å². The van der Waals surface area contributed by atoms with Gasteiger partial charge in [0.05, 0.1) is 6.54 Å². The van der Waals surface area contributed by atoms with Gasteiger partial charge in [-0.2, -0.15) is 0 Å². The molecule has 106 valence electrons. The number of nitrogens with two attached hydrogens (primary N) is 1. The minimum Gasteiger partial charge on any atom is -0.320 e. The van der Waals surface area contributed by atoms with Crippen LogP contribution in [0.3, 0.4) is 0 Å². The molecule has 0 heterocycles. The van der Waals surface area contributed by atoms with Crippen molar-refractivity contribution in [1.82, 2.24) is 0 Å². The van der Waals surface area contributed by atoms with E-state index >= 15 is 0 Å². The van der Waals surface area contributed by atoms with E-state index in [1.807, 2.05) is 0 Å². The molecule has 0 radical (unpaired) electrons. The molecule has 0 aromatic carbocycles. The topological polar surface area (TPSA) is 26.0 Å². The Balaban J connectivity index is 2.94. The van der Waals surface area contributed by atoms with Gasteiger partial charge < -0.3 is 5.73 Å².